The van der Waals surface area contributed by atoms with Gasteiger partial charge in [-0.05, 0) is 17.4 Å². The molecule has 0 aliphatic carbocycles. The van der Waals surface area contributed by atoms with Gasteiger partial charge in [0.05, 0.1) is 24.3 Å². The molecule has 14 heavy (non-hydrogen) atoms. The van der Waals surface area contributed by atoms with Crippen molar-refractivity contribution in [1.82, 2.24) is 0 Å². The number of benzene rings is 1. The highest BCUT2D eigenvalue weighted by Crippen LogP contribution is 2.41. The second kappa shape index (κ2) is 4.68. The summed E-state index contributed by atoms with van der Waals surface area (Å²) in [7, 11) is 0. The zero-order chi connectivity index (χ0) is 10.6. The number of nitriles is 1. The van der Waals surface area contributed by atoms with Gasteiger partial charge in [-0.25, -0.2) is 0 Å². The summed E-state index contributed by atoms with van der Waals surface area (Å²) in [5, 5.41) is 27.5. The number of aliphatic hydroxyl groups excluding tert-OH is 2. The van der Waals surface area contributed by atoms with Gasteiger partial charge in [-0.1, -0.05) is 23.9 Å². The van der Waals surface area contributed by atoms with E-state index in [1.54, 1.807) is 24.3 Å². The van der Waals surface area contributed by atoms with Crippen LogP contribution in [0.2, 0.25) is 0 Å². The van der Waals surface area contributed by atoms with Gasteiger partial charge in [0.1, 0.15) is 0 Å². The molecule has 3 nitrogen and oxygen atoms in total. The third-order valence-corrected chi connectivity index (χ3v) is 5.40. The van der Waals surface area contributed by atoms with Crippen LogP contribution in [0, 0.1) is 11.3 Å². The van der Waals surface area contributed by atoms with Gasteiger partial charge >= 0.3 is 0 Å². The Kier molecular flexibility index (Phi) is 3.79. The lowest BCUT2D eigenvalue weighted by Gasteiger charge is -2.16. The third kappa shape index (κ3) is 2.20. The largest absolute Gasteiger partial charge is 0.391 e. The standard InChI is InChI=1S/C9H10NO2PS/c10-5-8-1-3-9(4-2-8)13(14,6-11)7-12/h1-4,11-12H,6-7H2. The van der Waals surface area contributed by atoms with E-state index in [9.17, 15) is 0 Å². The van der Waals surface area contributed by atoms with Crippen LogP contribution in [-0.2, 0) is 11.8 Å². The first-order chi connectivity index (χ1) is 6.66. The van der Waals surface area contributed by atoms with Crippen LogP contribution in [-0.4, -0.2) is 22.9 Å². The minimum Gasteiger partial charge on any atom is -0.391 e. The predicted molar refractivity (Wildman–Crippen MR) is 59.2 cm³/mol. The molecule has 0 saturated carbocycles. The summed E-state index contributed by atoms with van der Waals surface area (Å²) in [5.74, 6) is 0. The molecule has 5 heteroatoms. The van der Waals surface area contributed by atoms with E-state index < -0.39 is 6.04 Å². The molecule has 74 valence electrons. The molecule has 0 fully saturated rings. The lowest BCUT2D eigenvalue weighted by molar-refractivity contribution is 0.345. The van der Waals surface area contributed by atoms with Gasteiger partial charge in [0, 0.05) is 6.04 Å². The van der Waals surface area contributed by atoms with E-state index in [1.165, 1.54) is 0 Å². The van der Waals surface area contributed by atoms with Gasteiger partial charge in [-0.2, -0.15) is 5.26 Å². The van der Waals surface area contributed by atoms with Crippen molar-refractivity contribution < 1.29 is 10.2 Å². The summed E-state index contributed by atoms with van der Waals surface area (Å²) in [6.45, 7) is 0. The molecule has 0 aliphatic rings. The first-order valence-corrected chi connectivity index (χ1v) is 7.14. The Balaban J connectivity index is 3.09. The molecule has 2 N–H and O–H groups in total. The van der Waals surface area contributed by atoms with Crippen molar-refractivity contribution in [3.8, 4) is 6.07 Å². The number of rotatable bonds is 3. The van der Waals surface area contributed by atoms with Gasteiger partial charge in [0.2, 0.25) is 0 Å². The molecule has 0 aromatic heterocycles. The van der Waals surface area contributed by atoms with E-state index in [4.69, 9.17) is 27.3 Å². The zero-order valence-electron chi connectivity index (χ0n) is 7.42. The zero-order valence-corrected chi connectivity index (χ0v) is 9.13. The summed E-state index contributed by atoms with van der Waals surface area (Å²) in [4.78, 5) is 0. The Labute approximate surface area is 87.6 Å². The lowest BCUT2D eigenvalue weighted by Crippen LogP contribution is -2.10. The molecule has 0 bridgehead atoms. The molecule has 0 atom stereocenters. The number of aliphatic hydroxyl groups is 2. The highest BCUT2D eigenvalue weighted by atomic mass is 32.4. The molecule has 0 unspecified atom stereocenters. The highest BCUT2D eigenvalue weighted by molar-refractivity contribution is 8.18. The number of nitrogens with zero attached hydrogens (tertiary/aromatic N) is 1. The lowest BCUT2D eigenvalue weighted by atomic mass is 10.2. The van der Waals surface area contributed by atoms with E-state index >= 15 is 0 Å². The molecular formula is C9H10NO2PS. The molecule has 0 amide bonds. The van der Waals surface area contributed by atoms with Crippen LogP contribution in [0.3, 0.4) is 0 Å². The van der Waals surface area contributed by atoms with Gasteiger partial charge in [-0.15, -0.1) is 0 Å². The fraction of sp³-hybridized carbons (Fsp3) is 0.222. The maximum atomic E-state index is 9.09. The van der Waals surface area contributed by atoms with Gasteiger partial charge in [0.15, 0.2) is 0 Å². The molecule has 1 aromatic rings. The SMILES string of the molecule is N#Cc1ccc(P(=S)(CO)CO)cc1. The normalized spacial score (nSPS) is 10.9. The van der Waals surface area contributed by atoms with E-state index in [-0.39, 0.29) is 12.7 Å². The third-order valence-electron chi connectivity index (χ3n) is 1.92. The van der Waals surface area contributed by atoms with Gasteiger partial charge in [-0.3, -0.25) is 0 Å². The summed E-state index contributed by atoms with van der Waals surface area (Å²) >= 11 is 5.18. The molecule has 0 spiro atoms. The van der Waals surface area contributed by atoms with Gasteiger partial charge < -0.3 is 10.2 Å². The Morgan fingerprint density at radius 1 is 1.21 bits per heavy atom. The summed E-state index contributed by atoms with van der Waals surface area (Å²) < 4.78 is 0. The average Bonchev–Trinajstić information content (AvgIpc) is 2.28. The smallest absolute Gasteiger partial charge is 0.0991 e. The first kappa shape index (κ1) is 11.4. The summed E-state index contributed by atoms with van der Waals surface area (Å²) in [6, 6.07) is 6.45. The van der Waals surface area contributed by atoms with Crippen LogP contribution in [0.25, 0.3) is 0 Å². The van der Waals surface area contributed by atoms with Crippen LogP contribution in [0.1, 0.15) is 5.56 Å². The van der Waals surface area contributed by atoms with Crippen molar-refractivity contribution in [2.45, 2.75) is 0 Å². The average molecular weight is 227 g/mol. The minimum absolute atomic E-state index is 0.190. The van der Waals surface area contributed by atoms with Gasteiger partial charge in [0.25, 0.3) is 0 Å². The molecular weight excluding hydrogens is 217 g/mol. The second-order valence-electron chi connectivity index (χ2n) is 2.83. The Bertz CT molecular complexity index is 388. The fourth-order valence-electron chi connectivity index (χ4n) is 1.02. The van der Waals surface area contributed by atoms with Crippen molar-refractivity contribution in [1.29, 1.82) is 5.26 Å². The Morgan fingerprint density at radius 2 is 1.71 bits per heavy atom. The topological polar surface area (TPSA) is 64.2 Å². The van der Waals surface area contributed by atoms with Crippen LogP contribution >= 0.6 is 6.04 Å². The monoisotopic (exact) mass is 227 g/mol. The Morgan fingerprint density at radius 3 is 2.07 bits per heavy atom. The molecule has 0 heterocycles. The van der Waals surface area contributed by atoms with Crippen molar-refractivity contribution in [2.75, 3.05) is 12.7 Å². The first-order valence-electron chi connectivity index (χ1n) is 3.97. The van der Waals surface area contributed by atoms with Crippen molar-refractivity contribution >= 4 is 23.1 Å². The summed E-state index contributed by atoms with van der Waals surface area (Å²) in [5.41, 5.74) is 0.547. The van der Waals surface area contributed by atoms with E-state index in [1.807, 2.05) is 6.07 Å². The molecule has 0 radical (unpaired) electrons. The molecule has 0 aliphatic heterocycles. The number of hydrogen-bond donors (Lipinski definition) is 2. The quantitative estimate of drug-likeness (QED) is 0.741. The minimum atomic E-state index is -2.23. The van der Waals surface area contributed by atoms with Crippen molar-refractivity contribution in [3.63, 3.8) is 0 Å². The molecule has 1 rings (SSSR count). The fourth-order valence-corrected chi connectivity index (χ4v) is 2.49. The maximum absolute atomic E-state index is 9.09. The van der Waals surface area contributed by atoms with Crippen LogP contribution in [0.4, 0.5) is 0 Å². The molecule has 1 aromatic carbocycles. The van der Waals surface area contributed by atoms with E-state index in [0.29, 0.717) is 5.56 Å². The Hall–Kier alpha value is -0.720. The highest BCUT2D eigenvalue weighted by Gasteiger charge is 2.16. The van der Waals surface area contributed by atoms with E-state index in [0.717, 1.165) is 5.30 Å². The second-order valence-corrected chi connectivity index (χ2v) is 7.79. The maximum Gasteiger partial charge on any atom is 0.0991 e. The summed E-state index contributed by atoms with van der Waals surface area (Å²) in [6.07, 6.45) is -0.379. The van der Waals surface area contributed by atoms with Crippen molar-refractivity contribution in [3.05, 3.63) is 29.8 Å². The van der Waals surface area contributed by atoms with Crippen LogP contribution in [0.5, 0.6) is 0 Å². The van der Waals surface area contributed by atoms with E-state index in [2.05, 4.69) is 0 Å². The number of hydrogen-bond acceptors (Lipinski definition) is 4. The molecule has 0 saturated heterocycles. The van der Waals surface area contributed by atoms with Crippen molar-refractivity contribution in [2.24, 2.45) is 0 Å². The van der Waals surface area contributed by atoms with Crippen LogP contribution < -0.4 is 5.30 Å². The predicted octanol–water partition coefficient (Wildman–Crippen LogP) is 0.563. The van der Waals surface area contributed by atoms with Crippen LogP contribution in [0.15, 0.2) is 24.3 Å².